The van der Waals surface area contributed by atoms with Crippen LogP contribution in [0.5, 0.6) is 0 Å². The normalized spacial score (nSPS) is 17.2. The van der Waals surface area contributed by atoms with Crippen molar-refractivity contribution in [2.24, 2.45) is 5.92 Å². The van der Waals surface area contributed by atoms with Gasteiger partial charge < -0.3 is 4.90 Å². The molecule has 2 amide bonds. The summed E-state index contributed by atoms with van der Waals surface area (Å²) >= 11 is 0. The van der Waals surface area contributed by atoms with E-state index in [1.165, 1.54) is 0 Å². The maximum Gasteiger partial charge on any atom is 0.232 e. The van der Waals surface area contributed by atoms with E-state index in [2.05, 4.69) is 15.3 Å². The summed E-state index contributed by atoms with van der Waals surface area (Å²) in [6.07, 6.45) is 0.199. The van der Waals surface area contributed by atoms with Crippen molar-refractivity contribution in [3.05, 3.63) is 47.3 Å². The van der Waals surface area contributed by atoms with Gasteiger partial charge in [-0.25, -0.2) is 9.97 Å². The zero-order valence-corrected chi connectivity index (χ0v) is 14.0. The summed E-state index contributed by atoms with van der Waals surface area (Å²) < 4.78 is 0. The quantitative estimate of drug-likeness (QED) is 0.940. The van der Waals surface area contributed by atoms with Gasteiger partial charge in [0, 0.05) is 30.0 Å². The second-order valence-electron chi connectivity index (χ2n) is 6.16. The summed E-state index contributed by atoms with van der Waals surface area (Å²) in [7, 11) is 0. The molecule has 1 fully saturated rings. The fraction of sp³-hybridized carbons (Fsp3) is 0.333. The molecule has 2 heterocycles. The van der Waals surface area contributed by atoms with E-state index in [-0.39, 0.29) is 18.2 Å². The van der Waals surface area contributed by atoms with E-state index in [1.54, 1.807) is 4.90 Å². The van der Waals surface area contributed by atoms with Gasteiger partial charge in [0.05, 0.1) is 5.92 Å². The van der Waals surface area contributed by atoms with Gasteiger partial charge in [-0.15, -0.1) is 0 Å². The van der Waals surface area contributed by atoms with Crippen LogP contribution in [0.25, 0.3) is 0 Å². The number of amides is 2. The molecule has 6 nitrogen and oxygen atoms in total. The maximum atomic E-state index is 12.5. The molecule has 0 spiro atoms. The van der Waals surface area contributed by atoms with Crippen LogP contribution in [0.4, 0.5) is 11.6 Å². The Hall–Kier alpha value is -2.76. The highest BCUT2D eigenvalue weighted by molar-refractivity contribution is 6.03. The van der Waals surface area contributed by atoms with Crippen LogP contribution >= 0.6 is 0 Å². The minimum Gasteiger partial charge on any atom is -0.311 e. The van der Waals surface area contributed by atoms with E-state index in [1.807, 2.05) is 51.1 Å². The molecule has 124 valence electrons. The van der Waals surface area contributed by atoms with Crippen molar-refractivity contribution in [2.75, 3.05) is 16.8 Å². The number of para-hydroxylation sites is 1. The zero-order chi connectivity index (χ0) is 17.3. The van der Waals surface area contributed by atoms with Crippen molar-refractivity contribution >= 4 is 23.5 Å². The lowest BCUT2D eigenvalue weighted by Crippen LogP contribution is -2.29. The van der Waals surface area contributed by atoms with E-state index < -0.39 is 5.92 Å². The first-order chi connectivity index (χ1) is 11.4. The third kappa shape index (κ3) is 3.27. The Labute approximate surface area is 140 Å². The molecule has 1 saturated heterocycles. The third-order valence-electron chi connectivity index (χ3n) is 4.12. The van der Waals surface area contributed by atoms with E-state index in [4.69, 9.17) is 0 Å². The van der Waals surface area contributed by atoms with E-state index in [0.717, 1.165) is 22.6 Å². The van der Waals surface area contributed by atoms with Gasteiger partial charge in [-0.05, 0) is 38.5 Å². The molecule has 1 aliphatic rings. The minimum absolute atomic E-state index is 0.0363. The molecule has 6 heteroatoms. The number of hydrogen-bond donors (Lipinski definition) is 1. The van der Waals surface area contributed by atoms with Gasteiger partial charge in [-0.3, -0.25) is 14.9 Å². The van der Waals surface area contributed by atoms with Crippen LogP contribution in [-0.2, 0) is 9.59 Å². The second-order valence-corrected chi connectivity index (χ2v) is 6.16. The average molecular weight is 324 g/mol. The van der Waals surface area contributed by atoms with Crippen molar-refractivity contribution in [3.8, 4) is 0 Å². The molecule has 24 heavy (non-hydrogen) atoms. The molecular weight excluding hydrogens is 304 g/mol. The highest BCUT2D eigenvalue weighted by atomic mass is 16.2. The topological polar surface area (TPSA) is 75.2 Å². The van der Waals surface area contributed by atoms with Gasteiger partial charge in [0.15, 0.2) is 0 Å². The molecule has 1 aromatic heterocycles. The molecular formula is C18H20N4O2. The number of carbonyl (C=O) groups excluding carboxylic acids is 2. The van der Waals surface area contributed by atoms with Crippen LogP contribution in [0.3, 0.4) is 0 Å². The summed E-state index contributed by atoms with van der Waals surface area (Å²) in [5.41, 5.74) is 3.47. The molecule has 1 N–H and O–H groups in total. The van der Waals surface area contributed by atoms with Gasteiger partial charge in [0.2, 0.25) is 17.8 Å². The molecule has 0 radical (unpaired) electrons. The first kappa shape index (κ1) is 16.1. The van der Waals surface area contributed by atoms with Crippen LogP contribution in [-0.4, -0.2) is 28.3 Å². The van der Waals surface area contributed by atoms with Gasteiger partial charge in [0.1, 0.15) is 0 Å². The Balaban J connectivity index is 1.73. The van der Waals surface area contributed by atoms with Gasteiger partial charge >= 0.3 is 0 Å². The molecule has 1 atom stereocenters. The minimum atomic E-state index is -0.401. The number of rotatable bonds is 3. The van der Waals surface area contributed by atoms with Crippen LogP contribution in [0.1, 0.15) is 23.4 Å². The number of aryl methyl sites for hydroxylation is 3. The number of nitrogens with zero attached hydrogens (tertiary/aromatic N) is 3. The van der Waals surface area contributed by atoms with Crippen LogP contribution < -0.4 is 10.2 Å². The van der Waals surface area contributed by atoms with Crippen LogP contribution in [0.2, 0.25) is 0 Å². The number of nitrogens with one attached hydrogen (secondary N) is 1. The predicted octanol–water partition coefficient (Wildman–Crippen LogP) is 2.39. The Morgan fingerprint density at radius 2 is 1.83 bits per heavy atom. The van der Waals surface area contributed by atoms with E-state index in [0.29, 0.717) is 12.5 Å². The first-order valence-electron chi connectivity index (χ1n) is 7.93. The highest BCUT2D eigenvalue weighted by Gasteiger charge is 2.35. The summed E-state index contributed by atoms with van der Waals surface area (Å²) in [4.78, 5) is 34.9. The summed E-state index contributed by atoms with van der Waals surface area (Å²) in [5, 5.41) is 2.73. The lowest BCUT2D eigenvalue weighted by molar-refractivity contribution is -0.122. The van der Waals surface area contributed by atoms with Crippen molar-refractivity contribution in [3.63, 3.8) is 0 Å². The third-order valence-corrected chi connectivity index (χ3v) is 4.12. The SMILES string of the molecule is Cc1cc(C)nc(NC(=O)[C@H]2CC(=O)N(c3ccccc3C)C2)n1. The fourth-order valence-electron chi connectivity index (χ4n) is 2.98. The van der Waals surface area contributed by atoms with Gasteiger partial charge in [-0.2, -0.15) is 0 Å². The molecule has 0 saturated carbocycles. The van der Waals surface area contributed by atoms with Crippen LogP contribution in [0.15, 0.2) is 30.3 Å². The largest absolute Gasteiger partial charge is 0.311 e. The Kier molecular flexibility index (Phi) is 4.29. The molecule has 3 rings (SSSR count). The smallest absolute Gasteiger partial charge is 0.232 e. The van der Waals surface area contributed by atoms with E-state index in [9.17, 15) is 9.59 Å². The Morgan fingerprint density at radius 1 is 1.17 bits per heavy atom. The molecule has 1 aromatic carbocycles. The van der Waals surface area contributed by atoms with E-state index >= 15 is 0 Å². The standard InChI is InChI=1S/C18H20N4O2/c1-11-6-4-5-7-15(11)22-10-14(9-16(22)23)17(24)21-18-19-12(2)8-13(3)20-18/h4-8,14H,9-10H2,1-3H3,(H,19,20,21,24)/t14-/m0/s1. The van der Waals surface area contributed by atoms with Gasteiger partial charge in [0.25, 0.3) is 0 Å². The second kappa shape index (κ2) is 6.39. The molecule has 2 aromatic rings. The molecule has 0 aliphatic carbocycles. The van der Waals surface area contributed by atoms with Crippen LogP contribution in [0, 0.1) is 26.7 Å². The monoisotopic (exact) mass is 324 g/mol. The number of benzene rings is 1. The maximum absolute atomic E-state index is 12.5. The van der Waals surface area contributed by atoms with Crippen molar-refractivity contribution in [1.82, 2.24) is 9.97 Å². The zero-order valence-electron chi connectivity index (χ0n) is 14.0. The van der Waals surface area contributed by atoms with Crippen molar-refractivity contribution < 1.29 is 9.59 Å². The number of hydrogen-bond acceptors (Lipinski definition) is 4. The predicted molar refractivity (Wildman–Crippen MR) is 91.8 cm³/mol. The molecule has 1 aliphatic heterocycles. The lowest BCUT2D eigenvalue weighted by Gasteiger charge is -2.18. The average Bonchev–Trinajstić information content (AvgIpc) is 2.88. The Bertz CT molecular complexity index is 783. The number of carbonyl (C=O) groups is 2. The number of anilines is 2. The summed E-state index contributed by atoms with van der Waals surface area (Å²) in [6.45, 7) is 6.03. The lowest BCUT2D eigenvalue weighted by atomic mass is 10.1. The summed E-state index contributed by atoms with van der Waals surface area (Å²) in [6, 6.07) is 9.53. The molecule has 0 unspecified atom stereocenters. The highest BCUT2D eigenvalue weighted by Crippen LogP contribution is 2.28. The Morgan fingerprint density at radius 3 is 2.50 bits per heavy atom. The first-order valence-corrected chi connectivity index (χ1v) is 7.93. The van der Waals surface area contributed by atoms with Crippen molar-refractivity contribution in [2.45, 2.75) is 27.2 Å². The fourth-order valence-corrected chi connectivity index (χ4v) is 2.98. The van der Waals surface area contributed by atoms with Gasteiger partial charge in [-0.1, -0.05) is 18.2 Å². The summed E-state index contributed by atoms with van der Waals surface area (Å²) in [5.74, 6) is -0.365. The molecule has 0 bridgehead atoms. The van der Waals surface area contributed by atoms with Crippen molar-refractivity contribution in [1.29, 1.82) is 0 Å². The number of aromatic nitrogens is 2.